The molecule has 4 aliphatic rings. The Morgan fingerprint density at radius 1 is 1.17 bits per heavy atom. The molecule has 3 aliphatic heterocycles. The van der Waals surface area contributed by atoms with Crippen molar-refractivity contribution < 1.29 is 24.4 Å². The number of fused-ring (bicyclic) bond motifs is 3. The summed E-state index contributed by atoms with van der Waals surface area (Å²) in [5.74, 6) is 0.150. The van der Waals surface area contributed by atoms with Gasteiger partial charge in [0.25, 0.3) is 0 Å². The third kappa shape index (κ3) is 3.10. The first-order valence-electron chi connectivity index (χ1n) is 9.43. The summed E-state index contributed by atoms with van der Waals surface area (Å²) < 4.78 is 12.2. The van der Waals surface area contributed by atoms with Crippen molar-refractivity contribution in [1.82, 2.24) is 0 Å². The number of rotatable bonds is 5. The van der Waals surface area contributed by atoms with Gasteiger partial charge in [0, 0.05) is 27.7 Å². The zero-order chi connectivity index (χ0) is 17.6. The lowest BCUT2D eigenvalue weighted by atomic mass is 9.64. The summed E-state index contributed by atoms with van der Waals surface area (Å²) in [6.45, 7) is 9.36. The molecular weight excluding hydrogens is 324 g/mol. The Labute approximate surface area is 146 Å². The molecule has 3 saturated heterocycles. The van der Waals surface area contributed by atoms with Crippen molar-refractivity contribution >= 4 is 8.07 Å². The first-order chi connectivity index (χ1) is 11.2. The number of aliphatic hydroxyl groups is 1. The Bertz CT molecular complexity index is 451. The van der Waals surface area contributed by atoms with Gasteiger partial charge in [-0.3, -0.25) is 0 Å². The van der Waals surface area contributed by atoms with Gasteiger partial charge in [-0.15, -0.1) is 0 Å². The quantitative estimate of drug-likeness (QED) is 0.602. The van der Waals surface area contributed by atoms with Gasteiger partial charge in [-0.1, -0.05) is 26.1 Å². The summed E-state index contributed by atoms with van der Waals surface area (Å²) in [5.41, 5.74) is -0.580. The SMILES string of the molecule is CO[C@H]1O[C@@]2(C)OO[C@]13[C@H](CCO)CCC[C@@H]3CC2C[Si](C)(C)C. The Morgan fingerprint density at radius 2 is 1.92 bits per heavy atom. The molecule has 1 spiro atoms. The van der Waals surface area contributed by atoms with E-state index in [-0.39, 0.29) is 12.5 Å². The molecule has 2 bridgehead atoms. The largest absolute Gasteiger partial charge is 0.396 e. The van der Waals surface area contributed by atoms with E-state index in [1.165, 1.54) is 6.42 Å². The highest BCUT2D eigenvalue weighted by atomic mass is 28.3. The van der Waals surface area contributed by atoms with Gasteiger partial charge in [-0.2, -0.15) is 0 Å². The summed E-state index contributed by atoms with van der Waals surface area (Å²) in [6, 6.07) is 1.15. The van der Waals surface area contributed by atoms with Crippen LogP contribution in [0, 0.1) is 17.8 Å². The van der Waals surface area contributed by atoms with Crippen LogP contribution in [0.1, 0.15) is 39.0 Å². The normalized spacial score (nSPS) is 45.8. The van der Waals surface area contributed by atoms with Gasteiger partial charge in [0.2, 0.25) is 5.79 Å². The molecule has 6 atom stereocenters. The van der Waals surface area contributed by atoms with E-state index in [0.717, 1.165) is 25.3 Å². The lowest BCUT2D eigenvalue weighted by Crippen LogP contribution is -2.64. The molecule has 0 aromatic heterocycles. The number of hydrogen-bond donors (Lipinski definition) is 1. The molecule has 0 aromatic rings. The van der Waals surface area contributed by atoms with Crippen LogP contribution in [0.2, 0.25) is 25.7 Å². The predicted octanol–water partition coefficient (Wildman–Crippen LogP) is 3.55. The minimum atomic E-state index is -1.27. The fraction of sp³-hybridized carbons (Fsp3) is 1.00. The molecule has 6 heteroatoms. The summed E-state index contributed by atoms with van der Waals surface area (Å²) >= 11 is 0. The van der Waals surface area contributed by atoms with Gasteiger partial charge in [-0.05, 0) is 50.5 Å². The number of ether oxygens (including phenoxy) is 2. The van der Waals surface area contributed by atoms with Gasteiger partial charge < -0.3 is 14.6 Å². The van der Waals surface area contributed by atoms with E-state index in [1.54, 1.807) is 7.11 Å². The molecular formula is C18H34O5Si. The van der Waals surface area contributed by atoms with E-state index < -0.39 is 25.8 Å². The van der Waals surface area contributed by atoms with Crippen LogP contribution in [0.4, 0.5) is 0 Å². The fourth-order valence-electron chi connectivity index (χ4n) is 5.22. The van der Waals surface area contributed by atoms with Crippen molar-refractivity contribution in [1.29, 1.82) is 0 Å². The van der Waals surface area contributed by atoms with Crippen molar-refractivity contribution in [2.45, 2.75) is 82.4 Å². The predicted molar refractivity (Wildman–Crippen MR) is 94.0 cm³/mol. The van der Waals surface area contributed by atoms with Crippen LogP contribution in [0.3, 0.4) is 0 Å². The molecule has 0 amide bonds. The molecule has 4 rings (SSSR count). The summed E-state index contributed by atoms with van der Waals surface area (Å²) in [4.78, 5) is 12.1. The third-order valence-corrected chi connectivity index (χ3v) is 8.02. The number of hydrogen-bond acceptors (Lipinski definition) is 5. The minimum Gasteiger partial charge on any atom is -0.396 e. The fourth-order valence-corrected chi connectivity index (χ4v) is 7.24. The molecule has 5 nitrogen and oxygen atoms in total. The van der Waals surface area contributed by atoms with E-state index >= 15 is 0 Å². The molecule has 24 heavy (non-hydrogen) atoms. The Hall–Kier alpha value is 0.0169. The van der Waals surface area contributed by atoms with Gasteiger partial charge >= 0.3 is 0 Å². The van der Waals surface area contributed by atoms with Crippen LogP contribution in [-0.2, 0) is 19.2 Å². The molecule has 4 fully saturated rings. The second-order valence-electron chi connectivity index (χ2n) is 9.26. The van der Waals surface area contributed by atoms with Crippen molar-refractivity contribution in [3.8, 4) is 0 Å². The average molecular weight is 359 g/mol. The van der Waals surface area contributed by atoms with Crippen LogP contribution >= 0.6 is 0 Å². The summed E-state index contributed by atoms with van der Waals surface area (Å²) in [7, 11) is 0.423. The number of aliphatic hydroxyl groups excluding tert-OH is 1. The van der Waals surface area contributed by atoms with E-state index in [0.29, 0.717) is 18.3 Å². The zero-order valence-electron chi connectivity index (χ0n) is 15.8. The van der Waals surface area contributed by atoms with Crippen molar-refractivity contribution in [2.24, 2.45) is 17.8 Å². The van der Waals surface area contributed by atoms with E-state index in [1.807, 2.05) is 6.92 Å². The zero-order valence-corrected chi connectivity index (χ0v) is 16.8. The van der Waals surface area contributed by atoms with Crippen molar-refractivity contribution in [3.63, 3.8) is 0 Å². The molecule has 3 heterocycles. The van der Waals surface area contributed by atoms with Gasteiger partial charge in [0.1, 0.15) is 0 Å². The Kier molecular flexibility index (Phi) is 5.19. The molecule has 1 aliphatic carbocycles. The lowest BCUT2D eigenvalue weighted by molar-refractivity contribution is -0.560. The van der Waals surface area contributed by atoms with Crippen LogP contribution in [0.15, 0.2) is 0 Å². The Balaban J connectivity index is 1.97. The van der Waals surface area contributed by atoms with Crippen molar-refractivity contribution in [3.05, 3.63) is 0 Å². The average Bonchev–Trinajstić information content (AvgIpc) is 2.68. The van der Waals surface area contributed by atoms with Gasteiger partial charge in [0.15, 0.2) is 11.9 Å². The second kappa shape index (κ2) is 6.63. The number of methoxy groups -OCH3 is 1. The van der Waals surface area contributed by atoms with Crippen LogP contribution in [0.25, 0.3) is 0 Å². The maximum atomic E-state index is 9.54. The summed E-state index contributed by atoms with van der Waals surface area (Å²) in [6.07, 6.45) is 4.66. The third-order valence-electron chi connectivity index (χ3n) is 6.30. The smallest absolute Gasteiger partial charge is 0.204 e. The van der Waals surface area contributed by atoms with E-state index in [4.69, 9.17) is 19.2 Å². The van der Waals surface area contributed by atoms with Gasteiger partial charge in [0.05, 0.1) is 0 Å². The minimum absolute atomic E-state index is 0.161. The van der Waals surface area contributed by atoms with E-state index in [9.17, 15) is 5.11 Å². The molecule has 1 N–H and O–H groups in total. The maximum Gasteiger partial charge on any atom is 0.204 e. The maximum absolute atomic E-state index is 9.54. The first kappa shape index (κ1) is 18.8. The highest BCUT2D eigenvalue weighted by Crippen LogP contribution is 2.57. The Morgan fingerprint density at radius 3 is 2.54 bits per heavy atom. The lowest BCUT2D eigenvalue weighted by Gasteiger charge is -2.53. The monoisotopic (exact) mass is 358 g/mol. The molecule has 0 aromatic carbocycles. The van der Waals surface area contributed by atoms with Gasteiger partial charge in [-0.25, -0.2) is 9.78 Å². The van der Waals surface area contributed by atoms with Crippen LogP contribution in [0.5, 0.6) is 0 Å². The van der Waals surface area contributed by atoms with Crippen molar-refractivity contribution in [2.75, 3.05) is 13.7 Å². The van der Waals surface area contributed by atoms with Crippen LogP contribution < -0.4 is 0 Å². The highest BCUT2D eigenvalue weighted by molar-refractivity contribution is 6.76. The topological polar surface area (TPSA) is 57.2 Å². The molecule has 1 saturated carbocycles. The first-order valence-corrected chi connectivity index (χ1v) is 13.1. The molecule has 0 radical (unpaired) electrons. The highest BCUT2D eigenvalue weighted by Gasteiger charge is 2.66. The molecule has 1 unspecified atom stereocenters. The van der Waals surface area contributed by atoms with Crippen LogP contribution in [-0.4, -0.2) is 44.6 Å². The van der Waals surface area contributed by atoms with E-state index in [2.05, 4.69) is 19.6 Å². The standard InChI is InChI=1S/C18H34O5Si/c1-17-15(12-24(3,4)5)11-14-8-6-7-13(9-10-19)18(14,23-22-17)16(20-2)21-17/h13-16,19H,6-12H2,1-5H3/t13-,14+,15?,16-,17-,18-/m0/s1. The summed E-state index contributed by atoms with van der Waals surface area (Å²) in [5, 5.41) is 9.54. The molecule has 140 valence electrons. The second-order valence-corrected chi connectivity index (χ2v) is 14.8.